The Morgan fingerprint density at radius 2 is 2.18 bits per heavy atom. The molecule has 0 aliphatic heterocycles. The second-order valence-electron chi connectivity index (χ2n) is 4.09. The molecule has 0 radical (unpaired) electrons. The van der Waals surface area contributed by atoms with Crippen molar-refractivity contribution in [1.29, 1.82) is 0 Å². The van der Waals surface area contributed by atoms with E-state index in [0.29, 0.717) is 6.61 Å². The van der Waals surface area contributed by atoms with Crippen molar-refractivity contribution in [3.05, 3.63) is 10.6 Å². The third-order valence-corrected chi connectivity index (χ3v) is 3.81. The lowest BCUT2D eigenvalue weighted by Crippen LogP contribution is -2.18. The number of aliphatic hydroxyl groups excluding tert-OH is 1. The van der Waals surface area contributed by atoms with E-state index in [0.717, 1.165) is 22.2 Å². The van der Waals surface area contributed by atoms with Gasteiger partial charge in [0.2, 0.25) is 0 Å². The third-order valence-electron chi connectivity index (χ3n) is 2.62. The normalized spacial score (nSPS) is 10.8. The highest BCUT2D eigenvalue weighted by Crippen LogP contribution is 2.26. The number of ether oxygens (including phenoxy) is 1. The predicted molar refractivity (Wildman–Crippen MR) is 71.5 cm³/mol. The van der Waals surface area contributed by atoms with Gasteiger partial charge in [-0.1, -0.05) is 31.1 Å². The summed E-state index contributed by atoms with van der Waals surface area (Å²) in [5.74, 6) is 0. The third kappa shape index (κ3) is 4.26. The van der Waals surface area contributed by atoms with Crippen molar-refractivity contribution in [3.63, 3.8) is 0 Å². The summed E-state index contributed by atoms with van der Waals surface area (Å²) in [6.45, 7) is 3.72. The van der Waals surface area contributed by atoms with Crippen molar-refractivity contribution in [2.75, 3.05) is 25.6 Å². The number of unbranched alkanes of at least 4 members (excludes halogenated alkanes) is 2. The molecule has 0 bridgehead atoms. The maximum atomic E-state index is 9.25. The van der Waals surface area contributed by atoms with E-state index in [9.17, 15) is 5.11 Å². The minimum Gasteiger partial charge on any atom is -0.391 e. The van der Waals surface area contributed by atoms with Gasteiger partial charge in [-0.3, -0.25) is 0 Å². The van der Waals surface area contributed by atoms with Gasteiger partial charge in [0.15, 0.2) is 5.13 Å². The molecular weight excluding hydrogens is 236 g/mol. The molecule has 0 amide bonds. The zero-order valence-electron chi connectivity index (χ0n) is 10.9. The Hall–Kier alpha value is -0.650. The molecule has 1 rings (SSSR count). The number of hydrogen-bond donors (Lipinski definition) is 1. The average molecular weight is 258 g/mol. The number of thiazole rings is 1. The van der Waals surface area contributed by atoms with Crippen LogP contribution in [0.2, 0.25) is 0 Å². The molecule has 0 saturated carbocycles. The molecule has 0 atom stereocenters. The molecule has 98 valence electrons. The summed E-state index contributed by atoms with van der Waals surface area (Å²) in [7, 11) is 3.69. The van der Waals surface area contributed by atoms with E-state index in [-0.39, 0.29) is 6.61 Å². The van der Waals surface area contributed by atoms with E-state index in [1.807, 2.05) is 7.05 Å². The van der Waals surface area contributed by atoms with E-state index >= 15 is 0 Å². The van der Waals surface area contributed by atoms with E-state index in [4.69, 9.17) is 4.74 Å². The molecule has 1 aromatic rings. The predicted octanol–water partition coefficient (Wildman–Crippen LogP) is 2.41. The zero-order valence-corrected chi connectivity index (χ0v) is 11.7. The van der Waals surface area contributed by atoms with Gasteiger partial charge in [-0.2, -0.15) is 0 Å². The fraction of sp³-hybridized carbons (Fsp3) is 0.750. The quantitative estimate of drug-likeness (QED) is 0.727. The smallest absolute Gasteiger partial charge is 0.185 e. The van der Waals surface area contributed by atoms with Crippen molar-refractivity contribution >= 4 is 16.5 Å². The van der Waals surface area contributed by atoms with Crippen LogP contribution in [0.25, 0.3) is 0 Å². The Bertz CT molecular complexity index is 328. The van der Waals surface area contributed by atoms with Gasteiger partial charge in [0.25, 0.3) is 0 Å². The first-order chi connectivity index (χ1) is 8.22. The molecular formula is C12H22N2O2S. The molecule has 0 aliphatic rings. The van der Waals surface area contributed by atoms with Crippen molar-refractivity contribution < 1.29 is 9.84 Å². The molecule has 0 saturated heterocycles. The number of methoxy groups -OCH3 is 1. The van der Waals surface area contributed by atoms with Crippen LogP contribution in [-0.2, 0) is 18.0 Å². The van der Waals surface area contributed by atoms with Crippen LogP contribution in [0.15, 0.2) is 0 Å². The topological polar surface area (TPSA) is 45.6 Å². The van der Waals surface area contributed by atoms with Crippen LogP contribution in [-0.4, -0.2) is 30.8 Å². The summed E-state index contributed by atoms with van der Waals surface area (Å²) in [6, 6.07) is 0. The molecule has 5 heteroatoms. The SMILES string of the molecule is CCCCCN(C)c1nc(COC)c(CO)s1. The molecule has 1 aromatic heterocycles. The number of hydrogen-bond acceptors (Lipinski definition) is 5. The monoisotopic (exact) mass is 258 g/mol. The number of aliphatic hydroxyl groups is 1. The van der Waals surface area contributed by atoms with Gasteiger partial charge in [-0.15, -0.1) is 0 Å². The fourth-order valence-corrected chi connectivity index (χ4v) is 2.51. The van der Waals surface area contributed by atoms with E-state index < -0.39 is 0 Å². The Labute approximate surface area is 107 Å². The van der Waals surface area contributed by atoms with Crippen molar-refractivity contribution in [1.82, 2.24) is 4.98 Å². The highest BCUT2D eigenvalue weighted by molar-refractivity contribution is 7.15. The second kappa shape index (κ2) is 7.63. The molecule has 0 spiro atoms. The van der Waals surface area contributed by atoms with Gasteiger partial charge >= 0.3 is 0 Å². The Balaban J connectivity index is 2.63. The summed E-state index contributed by atoms with van der Waals surface area (Å²) in [5, 5.41) is 10.2. The number of aromatic nitrogens is 1. The van der Waals surface area contributed by atoms with E-state index in [1.165, 1.54) is 19.3 Å². The van der Waals surface area contributed by atoms with Crippen LogP contribution in [0.4, 0.5) is 5.13 Å². The van der Waals surface area contributed by atoms with Crippen LogP contribution in [0, 0.1) is 0 Å². The van der Waals surface area contributed by atoms with Gasteiger partial charge in [-0.05, 0) is 6.42 Å². The molecule has 4 nitrogen and oxygen atoms in total. The first-order valence-corrected chi connectivity index (χ1v) is 6.84. The first-order valence-electron chi connectivity index (χ1n) is 6.02. The standard InChI is InChI=1S/C12H22N2O2S/c1-4-5-6-7-14(2)12-13-10(9-16-3)11(8-15)17-12/h15H,4-9H2,1-3H3. The Kier molecular flexibility index (Phi) is 6.47. The van der Waals surface area contributed by atoms with Crippen LogP contribution in [0.3, 0.4) is 0 Å². The molecule has 0 unspecified atom stereocenters. The van der Waals surface area contributed by atoms with Gasteiger partial charge in [0, 0.05) is 20.7 Å². The van der Waals surface area contributed by atoms with Gasteiger partial charge in [0.1, 0.15) is 0 Å². The van der Waals surface area contributed by atoms with Gasteiger partial charge in [0.05, 0.1) is 23.8 Å². The zero-order chi connectivity index (χ0) is 12.7. The highest BCUT2D eigenvalue weighted by Gasteiger charge is 2.12. The number of anilines is 1. The van der Waals surface area contributed by atoms with Crippen LogP contribution in [0.5, 0.6) is 0 Å². The molecule has 0 aliphatic carbocycles. The summed E-state index contributed by atoms with van der Waals surface area (Å²) >= 11 is 1.55. The lowest BCUT2D eigenvalue weighted by molar-refractivity contribution is 0.179. The van der Waals surface area contributed by atoms with Crippen molar-refractivity contribution in [3.8, 4) is 0 Å². The van der Waals surface area contributed by atoms with Crippen molar-refractivity contribution in [2.24, 2.45) is 0 Å². The largest absolute Gasteiger partial charge is 0.391 e. The lowest BCUT2D eigenvalue weighted by atomic mass is 10.2. The van der Waals surface area contributed by atoms with Crippen LogP contribution >= 0.6 is 11.3 Å². The molecule has 1 N–H and O–H groups in total. The fourth-order valence-electron chi connectivity index (χ4n) is 1.60. The Morgan fingerprint density at radius 1 is 1.41 bits per heavy atom. The summed E-state index contributed by atoms with van der Waals surface area (Å²) in [4.78, 5) is 7.57. The van der Waals surface area contributed by atoms with Gasteiger partial charge in [-0.25, -0.2) is 4.98 Å². The van der Waals surface area contributed by atoms with E-state index in [1.54, 1.807) is 18.4 Å². The van der Waals surface area contributed by atoms with Crippen LogP contribution < -0.4 is 4.90 Å². The maximum absolute atomic E-state index is 9.25. The first kappa shape index (κ1) is 14.4. The lowest BCUT2D eigenvalue weighted by Gasteiger charge is -2.14. The maximum Gasteiger partial charge on any atom is 0.185 e. The summed E-state index contributed by atoms with van der Waals surface area (Å²) in [5.41, 5.74) is 0.859. The van der Waals surface area contributed by atoms with Gasteiger partial charge < -0.3 is 14.7 Å². The minimum absolute atomic E-state index is 0.0408. The van der Waals surface area contributed by atoms with E-state index in [2.05, 4.69) is 16.8 Å². The van der Waals surface area contributed by atoms with Crippen molar-refractivity contribution in [2.45, 2.75) is 39.4 Å². The molecule has 17 heavy (non-hydrogen) atoms. The summed E-state index contributed by atoms with van der Waals surface area (Å²) in [6.07, 6.45) is 3.65. The van der Waals surface area contributed by atoms with Crippen LogP contribution in [0.1, 0.15) is 36.8 Å². The molecule has 0 fully saturated rings. The highest BCUT2D eigenvalue weighted by atomic mass is 32.1. The average Bonchev–Trinajstić information content (AvgIpc) is 2.73. The summed E-state index contributed by atoms with van der Waals surface area (Å²) < 4.78 is 5.08. The second-order valence-corrected chi connectivity index (χ2v) is 5.15. The number of nitrogens with zero attached hydrogens (tertiary/aromatic N) is 2. The molecule has 1 heterocycles. The molecule has 0 aromatic carbocycles. The minimum atomic E-state index is 0.0408. The Morgan fingerprint density at radius 3 is 2.76 bits per heavy atom. The number of rotatable bonds is 8.